The number of hydrogen-bond acceptors (Lipinski definition) is 6. The van der Waals surface area contributed by atoms with Gasteiger partial charge >= 0.3 is 0 Å². The Morgan fingerprint density at radius 2 is 2.00 bits per heavy atom. The van der Waals surface area contributed by atoms with E-state index in [1.807, 2.05) is 0 Å². The molecule has 32 heavy (non-hydrogen) atoms. The molecule has 0 spiro atoms. The maximum atomic E-state index is 14.5. The van der Waals surface area contributed by atoms with Crippen molar-refractivity contribution >= 4 is 40.3 Å². The summed E-state index contributed by atoms with van der Waals surface area (Å²) < 4.78 is 14.5. The van der Waals surface area contributed by atoms with E-state index in [4.69, 9.17) is 11.6 Å². The standard InChI is InChI=1S/C21H25ClFN7O2/c1-12(21(32)30-5-3-4-29(6-7-30)13(2)31)27-20-17(23)11-26-19(28-20)16-10-25-18-15(16)8-14(22)9-24-18/h8-10,12,27H,3-7,11H2,1-2H3,(H,24,25)(H,26,28)/t12-/m0/s1. The Bertz CT molecular complexity index is 1110. The first-order valence-corrected chi connectivity index (χ1v) is 10.8. The zero-order chi connectivity index (χ0) is 22.8. The van der Waals surface area contributed by atoms with Gasteiger partial charge in [0.2, 0.25) is 11.8 Å². The summed E-state index contributed by atoms with van der Waals surface area (Å²) in [5, 5.41) is 7.17. The number of H-pyrrole nitrogens is 1. The van der Waals surface area contributed by atoms with E-state index in [0.717, 1.165) is 5.39 Å². The molecule has 4 heterocycles. The van der Waals surface area contributed by atoms with Gasteiger partial charge in [-0.1, -0.05) is 11.6 Å². The van der Waals surface area contributed by atoms with Crippen LogP contribution in [0, 0.1) is 0 Å². The van der Waals surface area contributed by atoms with Crippen LogP contribution in [0.1, 0.15) is 25.8 Å². The lowest BCUT2D eigenvalue weighted by Gasteiger charge is -2.27. The fraction of sp³-hybridized carbons (Fsp3) is 0.429. The number of halogens is 2. The zero-order valence-corrected chi connectivity index (χ0v) is 18.7. The second-order valence-electron chi connectivity index (χ2n) is 7.87. The second-order valence-corrected chi connectivity index (χ2v) is 8.31. The summed E-state index contributed by atoms with van der Waals surface area (Å²) in [4.78, 5) is 39.6. The zero-order valence-electron chi connectivity index (χ0n) is 17.9. The average molecular weight is 462 g/mol. The van der Waals surface area contributed by atoms with Crippen molar-refractivity contribution in [3.05, 3.63) is 40.7 Å². The van der Waals surface area contributed by atoms with E-state index in [-0.39, 0.29) is 24.2 Å². The molecule has 4 rings (SSSR count). The van der Waals surface area contributed by atoms with Crippen LogP contribution in [0.25, 0.3) is 11.0 Å². The Morgan fingerprint density at radius 1 is 1.25 bits per heavy atom. The van der Waals surface area contributed by atoms with Crippen molar-refractivity contribution in [3.8, 4) is 0 Å². The van der Waals surface area contributed by atoms with Crippen molar-refractivity contribution < 1.29 is 14.0 Å². The fourth-order valence-corrected chi connectivity index (χ4v) is 4.06. The van der Waals surface area contributed by atoms with Gasteiger partial charge in [-0.05, 0) is 19.4 Å². The van der Waals surface area contributed by atoms with Crippen LogP contribution >= 0.6 is 11.6 Å². The van der Waals surface area contributed by atoms with Crippen LogP contribution in [0.15, 0.2) is 35.1 Å². The summed E-state index contributed by atoms with van der Waals surface area (Å²) in [5.74, 6) is -0.0616. The second kappa shape index (κ2) is 9.15. The van der Waals surface area contributed by atoms with Gasteiger partial charge in [0.25, 0.3) is 0 Å². The first kappa shape index (κ1) is 22.1. The molecule has 170 valence electrons. The van der Waals surface area contributed by atoms with Crippen LogP contribution in [0.4, 0.5) is 4.39 Å². The number of rotatable bonds is 4. The third-order valence-corrected chi connectivity index (χ3v) is 5.83. The Morgan fingerprint density at radius 3 is 2.78 bits per heavy atom. The molecule has 1 atom stereocenters. The molecule has 0 saturated carbocycles. The highest BCUT2D eigenvalue weighted by molar-refractivity contribution is 6.31. The molecule has 0 bridgehead atoms. The molecule has 2 aliphatic heterocycles. The van der Waals surface area contributed by atoms with Gasteiger partial charge in [0.05, 0.1) is 11.6 Å². The number of hydrogen-bond donors (Lipinski definition) is 3. The van der Waals surface area contributed by atoms with E-state index < -0.39 is 11.9 Å². The largest absolute Gasteiger partial charge is 0.358 e. The number of carbonyl (C=O) groups excluding carboxylic acids is 2. The highest BCUT2D eigenvalue weighted by Gasteiger charge is 2.27. The number of aromatic amines is 1. The highest BCUT2D eigenvalue weighted by atomic mass is 35.5. The predicted molar refractivity (Wildman–Crippen MR) is 120 cm³/mol. The number of aliphatic imine (C=N–C) groups is 1. The Kier molecular flexibility index (Phi) is 6.31. The number of fused-ring (bicyclic) bond motifs is 1. The quantitative estimate of drug-likeness (QED) is 0.643. The first-order chi connectivity index (χ1) is 15.3. The van der Waals surface area contributed by atoms with Crippen molar-refractivity contribution in [2.75, 3.05) is 32.7 Å². The lowest BCUT2D eigenvalue weighted by atomic mass is 10.2. The summed E-state index contributed by atoms with van der Waals surface area (Å²) in [6, 6.07) is 1.10. The maximum Gasteiger partial charge on any atom is 0.244 e. The summed E-state index contributed by atoms with van der Waals surface area (Å²) in [7, 11) is 0. The number of carbonyl (C=O) groups is 2. The van der Waals surface area contributed by atoms with Gasteiger partial charge in [-0.25, -0.2) is 9.37 Å². The molecular weight excluding hydrogens is 437 g/mol. The summed E-state index contributed by atoms with van der Waals surface area (Å²) >= 11 is 6.07. The minimum Gasteiger partial charge on any atom is -0.358 e. The van der Waals surface area contributed by atoms with E-state index >= 15 is 0 Å². The van der Waals surface area contributed by atoms with Crippen LogP contribution in [0.5, 0.6) is 0 Å². The van der Waals surface area contributed by atoms with Gasteiger partial charge in [0, 0.05) is 56.4 Å². The normalized spacial score (nSPS) is 18.2. The maximum absolute atomic E-state index is 14.5. The van der Waals surface area contributed by atoms with Gasteiger partial charge in [-0.3, -0.25) is 14.6 Å². The van der Waals surface area contributed by atoms with Crippen molar-refractivity contribution in [2.45, 2.75) is 26.3 Å². The topological polar surface area (TPSA) is 106 Å². The van der Waals surface area contributed by atoms with Crippen LogP contribution in [-0.2, 0) is 9.59 Å². The van der Waals surface area contributed by atoms with Crippen LogP contribution in [-0.4, -0.2) is 76.2 Å². The molecule has 0 unspecified atom stereocenters. The highest BCUT2D eigenvalue weighted by Crippen LogP contribution is 2.22. The number of aromatic nitrogens is 2. The fourth-order valence-electron chi connectivity index (χ4n) is 3.90. The molecule has 0 aromatic carbocycles. The van der Waals surface area contributed by atoms with Crippen LogP contribution in [0.3, 0.4) is 0 Å². The molecule has 11 heteroatoms. The molecule has 2 aromatic rings. The molecule has 9 nitrogen and oxygen atoms in total. The van der Waals surface area contributed by atoms with Crippen molar-refractivity contribution in [1.29, 1.82) is 0 Å². The monoisotopic (exact) mass is 461 g/mol. The van der Waals surface area contributed by atoms with Gasteiger partial charge in [0.1, 0.15) is 23.3 Å². The molecule has 1 saturated heterocycles. The molecule has 1 fully saturated rings. The van der Waals surface area contributed by atoms with Crippen molar-refractivity contribution in [1.82, 2.24) is 30.4 Å². The van der Waals surface area contributed by atoms with E-state index in [1.54, 1.807) is 35.2 Å². The first-order valence-electron chi connectivity index (χ1n) is 10.5. The van der Waals surface area contributed by atoms with Crippen molar-refractivity contribution in [3.63, 3.8) is 0 Å². The molecule has 0 aliphatic carbocycles. The Labute approximate surface area is 189 Å². The number of amidine groups is 1. The van der Waals surface area contributed by atoms with E-state index in [0.29, 0.717) is 54.7 Å². The third kappa shape index (κ3) is 4.55. The minimum atomic E-state index is -0.662. The summed E-state index contributed by atoms with van der Waals surface area (Å²) in [5.41, 5.74) is 1.35. The van der Waals surface area contributed by atoms with Gasteiger partial charge in [0.15, 0.2) is 5.83 Å². The molecule has 2 aromatic heterocycles. The van der Waals surface area contributed by atoms with Crippen LogP contribution < -0.4 is 10.6 Å². The summed E-state index contributed by atoms with van der Waals surface area (Å²) in [6.07, 6.45) is 3.98. The number of pyridine rings is 1. The Hall–Kier alpha value is -3.14. The van der Waals surface area contributed by atoms with Crippen LogP contribution in [0.2, 0.25) is 5.02 Å². The molecule has 3 N–H and O–H groups in total. The lowest BCUT2D eigenvalue weighted by molar-refractivity contribution is -0.133. The van der Waals surface area contributed by atoms with Crippen molar-refractivity contribution in [2.24, 2.45) is 4.99 Å². The smallest absolute Gasteiger partial charge is 0.244 e. The summed E-state index contributed by atoms with van der Waals surface area (Å²) in [6.45, 7) is 5.21. The number of nitrogens with one attached hydrogen (secondary N) is 3. The predicted octanol–water partition coefficient (Wildman–Crippen LogP) is 1.76. The SMILES string of the molecule is CC(=O)N1CCCN(C(=O)[C@H](C)NC2=C(F)CN=C(c3c[nH]c4ncc(Cl)cc34)N2)CC1. The average Bonchev–Trinajstić information content (AvgIpc) is 3.01. The number of amides is 2. The van der Waals surface area contributed by atoms with E-state index in [1.165, 1.54) is 6.92 Å². The van der Waals surface area contributed by atoms with E-state index in [2.05, 4.69) is 25.6 Å². The Balaban J connectivity index is 1.44. The lowest BCUT2D eigenvalue weighted by Crippen LogP contribution is -2.49. The molecule has 2 aliphatic rings. The third-order valence-electron chi connectivity index (χ3n) is 5.63. The minimum absolute atomic E-state index is 0.00434. The molecule has 2 amide bonds. The van der Waals surface area contributed by atoms with Gasteiger partial charge in [-0.2, -0.15) is 0 Å². The molecule has 0 radical (unpaired) electrons. The number of nitrogens with zero attached hydrogens (tertiary/aromatic N) is 4. The van der Waals surface area contributed by atoms with Gasteiger partial charge < -0.3 is 25.4 Å². The van der Waals surface area contributed by atoms with E-state index in [9.17, 15) is 14.0 Å². The molecular formula is C21H25ClFN7O2. The van der Waals surface area contributed by atoms with Gasteiger partial charge in [-0.15, -0.1) is 0 Å².